The van der Waals surface area contributed by atoms with Crippen LogP contribution in [0.4, 0.5) is 0 Å². The van der Waals surface area contributed by atoms with Gasteiger partial charge in [-0.05, 0) is 43.5 Å². The molecule has 0 bridgehead atoms. The largest absolute Gasteiger partial charge is 0.341 e. The Balaban J connectivity index is 2.84. The van der Waals surface area contributed by atoms with Gasteiger partial charge in [0.1, 0.15) is 5.84 Å². The molecule has 96 valence electrons. The van der Waals surface area contributed by atoms with Crippen molar-refractivity contribution in [3.63, 3.8) is 0 Å². The minimum atomic E-state index is 0.835. The Kier molecular flexibility index (Phi) is 5.37. The van der Waals surface area contributed by atoms with Crippen molar-refractivity contribution < 1.29 is 0 Å². The first-order valence-electron chi connectivity index (χ1n) is 6.23. The number of aliphatic imine (C=N–C) groups is 1. The van der Waals surface area contributed by atoms with Gasteiger partial charge in [-0.2, -0.15) is 0 Å². The molecule has 0 aliphatic rings. The monoisotopic (exact) mass is 242 g/mol. The summed E-state index contributed by atoms with van der Waals surface area (Å²) >= 11 is 0. The van der Waals surface area contributed by atoms with Crippen molar-refractivity contribution in [1.82, 2.24) is 5.32 Å². The highest BCUT2D eigenvalue weighted by atomic mass is 15.0. The molecule has 2 nitrogen and oxygen atoms in total. The Hall–Kier alpha value is -1.83. The van der Waals surface area contributed by atoms with Crippen LogP contribution in [0.3, 0.4) is 0 Å². The van der Waals surface area contributed by atoms with Crippen LogP contribution in [0.25, 0.3) is 5.70 Å². The highest BCUT2D eigenvalue weighted by molar-refractivity contribution is 5.98. The molecule has 0 amide bonds. The third kappa shape index (κ3) is 4.21. The molecule has 0 heterocycles. The van der Waals surface area contributed by atoms with Gasteiger partial charge >= 0.3 is 0 Å². The van der Waals surface area contributed by atoms with E-state index in [9.17, 15) is 0 Å². The fourth-order valence-corrected chi connectivity index (χ4v) is 1.64. The highest BCUT2D eigenvalue weighted by Crippen LogP contribution is 2.12. The molecule has 0 fully saturated rings. The van der Waals surface area contributed by atoms with Crippen LogP contribution in [0.1, 0.15) is 31.9 Å². The van der Waals surface area contributed by atoms with Crippen LogP contribution in [0.2, 0.25) is 0 Å². The van der Waals surface area contributed by atoms with E-state index in [0.29, 0.717) is 0 Å². The normalized spacial score (nSPS) is 11.0. The molecule has 0 radical (unpaired) electrons. The van der Waals surface area contributed by atoms with Gasteiger partial charge in [0.25, 0.3) is 0 Å². The molecule has 0 aliphatic heterocycles. The molecule has 0 saturated carbocycles. The van der Waals surface area contributed by atoms with Crippen molar-refractivity contribution in [1.29, 1.82) is 0 Å². The minimum absolute atomic E-state index is 0.835. The maximum absolute atomic E-state index is 4.20. The fourth-order valence-electron chi connectivity index (χ4n) is 1.64. The Labute approximate surface area is 110 Å². The minimum Gasteiger partial charge on any atom is -0.341 e. The summed E-state index contributed by atoms with van der Waals surface area (Å²) in [5.41, 5.74) is 4.51. The zero-order valence-corrected chi connectivity index (χ0v) is 11.7. The zero-order valence-electron chi connectivity index (χ0n) is 11.7. The number of nitrogens with zero attached hydrogens (tertiary/aromatic N) is 1. The molecule has 0 saturated heterocycles. The van der Waals surface area contributed by atoms with Gasteiger partial charge in [-0.1, -0.05) is 37.3 Å². The average Bonchev–Trinajstić information content (AvgIpc) is 2.37. The van der Waals surface area contributed by atoms with Gasteiger partial charge in [-0.3, -0.25) is 4.99 Å². The number of amidine groups is 1. The second kappa shape index (κ2) is 6.80. The summed E-state index contributed by atoms with van der Waals surface area (Å²) in [4.78, 5) is 4.20. The number of allylic oxidation sites excluding steroid dienone is 1. The van der Waals surface area contributed by atoms with Crippen LogP contribution in [0, 0.1) is 0 Å². The van der Waals surface area contributed by atoms with Gasteiger partial charge in [0.05, 0.1) is 0 Å². The number of rotatable bonds is 4. The maximum Gasteiger partial charge on any atom is 0.124 e. The first kappa shape index (κ1) is 14.2. The second-order valence-corrected chi connectivity index (χ2v) is 4.49. The predicted octanol–water partition coefficient (Wildman–Crippen LogP) is 3.80. The molecule has 0 spiro atoms. The van der Waals surface area contributed by atoms with Gasteiger partial charge < -0.3 is 5.32 Å². The molecule has 1 N–H and O–H groups in total. The van der Waals surface area contributed by atoms with Crippen LogP contribution >= 0.6 is 0 Å². The van der Waals surface area contributed by atoms with E-state index >= 15 is 0 Å². The van der Waals surface area contributed by atoms with Crippen LogP contribution in [-0.4, -0.2) is 12.9 Å². The lowest BCUT2D eigenvalue weighted by molar-refractivity contribution is 1.13. The molecular weight excluding hydrogens is 220 g/mol. The number of hydrogen-bond acceptors (Lipinski definition) is 1. The summed E-state index contributed by atoms with van der Waals surface area (Å²) in [5, 5.41) is 3.24. The van der Waals surface area contributed by atoms with E-state index in [4.69, 9.17) is 0 Å². The molecule has 0 unspecified atom stereocenters. The number of aryl methyl sites for hydroxylation is 1. The van der Waals surface area contributed by atoms with Crippen molar-refractivity contribution in [3.8, 4) is 0 Å². The van der Waals surface area contributed by atoms with E-state index in [2.05, 4.69) is 48.1 Å². The molecule has 1 aromatic carbocycles. The van der Waals surface area contributed by atoms with Gasteiger partial charge in [-0.15, -0.1) is 0 Å². The lowest BCUT2D eigenvalue weighted by Crippen LogP contribution is -2.19. The lowest BCUT2D eigenvalue weighted by atomic mass is 10.1. The predicted molar refractivity (Wildman–Crippen MR) is 80.8 cm³/mol. The highest BCUT2D eigenvalue weighted by Gasteiger charge is 2.01. The zero-order chi connectivity index (χ0) is 13.5. The summed E-state index contributed by atoms with van der Waals surface area (Å²) in [6, 6.07) is 8.40. The first-order chi connectivity index (χ1) is 8.56. The van der Waals surface area contributed by atoms with Crippen LogP contribution in [-0.2, 0) is 6.42 Å². The number of benzene rings is 1. The quantitative estimate of drug-likeness (QED) is 0.630. The van der Waals surface area contributed by atoms with Crippen molar-refractivity contribution in [3.05, 3.63) is 53.6 Å². The van der Waals surface area contributed by atoms with Crippen LogP contribution < -0.4 is 5.32 Å². The van der Waals surface area contributed by atoms with Gasteiger partial charge in [0.2, 0.25) is 0 Å². The van der Waals surface area contributed by atoms with E-state index in [1.165, 1.54) is 11.1 Å². The molecule has 0 aromatic heterocycles. The number of nitrogens with one attached hydrogen (secondary N) is 1. The van der Waals surface area contributed by atoms with Crippen molar-refractivity contribution in [2.24, 2.45) is 4.99 Å². The van der Waals surface area contributed by atoms with Crippen LogP contribution in [0.5, 0.6) is 0 Å². The molecule has 1 rings (SSSR count). The van der Waals surface area contributed by atoms with E-state index < -0.39 is 0 Å². The summed E-state index contributed by atoms with van der Waals surface area (Å²) in [6.07, 6.45) is 3.04. The average molecular weight is 242 g/mol. The van der Waals surface area contributed by atoms with E-state index in [1.54, 1.807) is 7.05 Å². The Morgan fingerprint density at radius 3 is 2.67 bits per heavy atom. The van der Waals surface area contributed by atoms with E-state index in [0.717, 1.165) is 23.5 Å². The van der Waals surface area contributed by atoms with E-state index in [-0.39, 0.29) is 0 Å². The smallest absolute Gasteiger partial charge is 0.124 e. The van der Waals surface area contributed by atoms with Crippen LogP contribution in [0.15, 0.2) is 47.5 Å². The first-order valence-corrected chi connectivity index (χ1v) is 6.23. The molecular formula is C16H22N2. The number of hydrogen-bond donors (Lipinski definition) is 1. The SMILES string of the molecule is C=C(NC(C=C(C)C)=NC)c1cccc(CC)c1. The standard InChI is InChI=1S/C16H22N2/c1-6-14-8-7-9-15(11-14)13(4)18-16(17-5)10-12(2)3/h7-11H,4,6H2,1-3,5H3,(H,17,18). The van der Waals surface area contributed by atoms with Crippen molar-refractivity contribution in [2.75, 3.05) is 7.05 Å². The van der Waals surface area contributed by atoms with E-state index in [1.807, 2.05) is 19.9 Å². The molecule has 18 heavy (non-hydrogen) atoms. The van der Waals surface area contributed by atoms with Crippen molar-refractivity contribution >= 4 is 11.5 Å². The topological polar surface area (TPSA) is 24.4 Å². The molecule has 2 heteroatoms. The molecule has 0 atom stereocenters. The van der Waals surface area contributed by atoms with Gasteiger partial charge in [0, 0.05) is 12.7 Å². The maximum atomic E-state index is 4.20. The third-order valence-electron chi connectivity index (χ3n) is 2.63. The lowest BCUT2D eigenvalue weighted by Gasteiger charge is -2.11. The Bertz CT molecular complexity index is 478. The summed E-state index contributed by atoms with van der Waals surface area (Å²) in [6.45, 7) is 10.3. The van der Waals surface area contributed by atoms with Gasteiger partial charge in [0.15, 0.2) is 0 Å². The fraction of sp³-hybridized carbons (Fsp3) is 0.312. The third-order valence-corrected chi connectivity index (χ3v) is 2.63. The van der Waals surface area contributed by atoms with Gasteiger partial charge in [-0.25, -0.2) is 0 Å². The Morgan fingerprint density at radius 1 is 1.39 bits per heavy atom. The second-order valence-electron chi connectivity index (χ2n) is 4.49. The molecule has 1 aromatic rings. The summed E-state index contributed by atoms with van der Waals surface area (Å²) in [7, 11) is 1.78. The summed E-state index contributed by atoms with van der Waals surface area (Å²) < 4.78 is 0. The molecule has 0 aliphatic carbocycles. The Morgan fingerprint density at radius 2 is 2.11 bits per heavy atom. The van der Waals surface area contributed by atoms with Crippen molar-refractivity contribution in [2.45, 2.75) is 27.2 Å². The summed E-state index contributed by atoms with van der Waals surface area (Å²) in [5.74, 6) is 0.835.